The number of carbonyl (C=O) groups excluding carboxylic acids is 4. The molecule has 4 amide bonds. The van der Waals surface area contributed by atoms with E-state index in [9.17, 15) is 29.1 Å². The highest BCUT2D eigenvalue weighted by atomic mass is 16.6. The lowest BCUT2D eigenvalue weighted by atomic mass is 10.0. The largest absolute Gasteiger partial charge is 0.479 e. The normalized spacial score (nSPS) is 29.5. The number of benzene rings is 1. The highest BCUT2D eigenvalue weighted by molar-refractivity contribution is 5.97. The number of nitrogens with one attached hydrogen (secondary N) is 3. The van der Waals surface area contributed by atoms with Crippen LogP contribution >= 0.6 is 0 Å². The van der Waals surface area contributed by atoms with Crippen LogP contribution in [0.15, 0.2) is 42.5 Å². The lowest BCUT2D eigenvalue weighted by molar-refractivity contribution is -0.145. The average molecular weight is 569 g/mol. The molecule has 1 aliphatic carbocycles. The Morgan fingerprint density at radius 2 is 1.80 bits per heavy atom. The van der Waals surface area contributed by atoms with Crippen molar-refractivity contribution >= 4 is 29.8 Å². The van der Waals surface area contributed by atoms with Crippen molar-refractivity contribution in [2.24, 2.45) is 5.92 Å². The van der Waals surface area contributed by atoms with Gasteiger partial charge in [0, 0.05) is 24.1 Å². The van der Waals surface area contributed by atoms with Crippen LogP contribution in [0.2, 0.25) is 0 Å². The predicted octanol–water partition coefficient (Wildman–Crippen LogP) is 2.76. The van der Waals surface area contributed by atoms with Crippen molar-refractivity contribution in [3.63, 3.8) is 0 Å². The first kappa shape index (κ1) is 30.1. The second-order valence-electron chi connectivity index (χ2n) is 12.1. The summed E-state index contributed by atoms with van der Waals surface area (Å²) in [6.07, 6.45) is 6.80. The first-order valence-corrected chi connectivity index (χ1v) is 14.3. The molecule has 11 nitrogen and oxygen atoms in total. The summed E-state index contributed by atoms with van der Waals surface area (Å²) < 4.78 is 5.40. The summed E-state index contributed by atoms with van der Waals surface area (Å²) in [4.78, 5) is 66.7. The van der Waals surface area contributed by atoms with E-state index in [0.717, 1.165) is 19.3 Å². The fraction of sp³-hybridized carbons (Fsp3) is 0.567. The fourth-order valence-electron chi connectivity index (χ4n) is 5.51. The predicted molar refractivity (Wildman–Crippen MR) is 150 cm³/mol. The van der Waals surface area contributed by atoms with E-state index in [2.05, 4.69) is 16.0 Å². The van der Waals surface area contributed by atoms with Crippen molar-refractivity contribution in [3.05, 3.63) is 48.0 Å². The Bertz CT molecular complexity index is 1190. The molecule has 4 rings (SSSR count). The summed E-state index contributed by atoms with van der Waals surface area (Å²) in [5, 5.41) is 18.3. The van der Waals surface area contributed by atoms with Gasteiger partial charge in [-0.25, -0.2) is 9.59 Å². The van der Waals surface area contributed by atoms with Gasteiger partial charge >= 0.3 is 12.1 Å². The number of carbonyl (C=O) groups is 5. The third kappa shape index (κ3) is 7.45. The van der Waals surface area contributed by atoms with E-state index in [1.54, 1.807) is 51.1 Å². The molecule has 1 saturated heterocycles. The van der Waals surface area contributed by atoms with Crippen LogP contribution in [0.3, 0.4) is 0 Å². The maximum Gasteiger partial charge on any atom is 0.408 e. The number of nitrogens with zero attached hydrogens (tertiary/aromatic N) is 1. The summed E-state index contributed by atoms with van der Waals surface area (Å²) >= 11 is 0. The van der Waals surface area contributed by atoms with Crippen LogP contribution in [0.4, 0.5) is 4.79 Å². The number of aliphatic carboxylic acids is 1. The van der Waals surface area contributed by atoms with Gasteiger partial charge in [-0.05, 0) is 65.0 Å². The average Bonchev–Trinajstić information content (AvgIpc) is 3.44. The SMILES string of the molecule is CC(C)(C)OC(=O)N[C@H]1CCCCC/C=C\[C@H]2C[C@@]2(C(=O)O)NC(=O)[C@@H]2C[C@@H](NC(=O)c3ccccc3)CN2C1=O. The van der Waals surface area contributed by atoms with Gasteiger partial charge in [-0.3, -0.25) is 14.4 Å². The molecular weight excluding hydrogens is 528 g/mol. The molecule has 4 N–H and O–H groups in total. The Labute approximate surface area is 240 Å². The van der Waals surface area contributed by atoms with Gasteiger partial charge in [0.1, 0.15) is 23.2 Å². The summed E-state index contributed by atoms with van der Waals surface area (Å²) in [7, 11) is 0. The quantitative estimate of drug-likeness (QED) is 0.407. The number of hydrogen-bond donors (Lipinski definition) is 4. The molecule has 1 aromatic carbocycles. The van der Waals surface area contributed by atoms with Crippen molar-refractivity contribution in [2.45, 2.75) is 95.0 Å². The third-order valence-corrected chi connectivity index (χ3v) is 7.72. The fourth-order valence-corrected chi connectivity index (χ4v) is 5.51. The minimum atomic E-state index is -1.43. The van der Waals surface area contributed by atoms with E-state index in [1.165, 1.54) is 4.90 Å². The number of carboxylic acid groups (broad SMARTS) is 1. The molecule has 0 aromatic heterocycles. The van der Waals surface area contributed by atoms with Crippen molar-refractivity contribution in [3.8, 4) is 0 Å². The Hall–Kier alpha value is -3.89. The van der Waals surface area contributed by atoms with Crippen LogP contribution in [0, 0.1) is 5.92 Å². The van der Waals surface area contributed by atoms with Gasteiger partial charge in [-0.2, -0.15) is 0 Å². The third-order valence-electron chi connectivity index (χ3n) is 7.72. The Kier molecular flexibility index (Phi) is 9.04. The van der Waals surface area contributed by atoms with E-state index < -0.39 is 53.1 Å². The molecule has 1 aromatic rings. The molecule has 5 atom stereocenters. The molecule has 0 radical (unpaired) electrons. The molecule has 1 saturated carbocycles. The number of rotatable bonds is 4. The van der Waals surface area contributed by atoms with Gasteiger partial charge in [0.2, 0.25) is 11.8 Å². The van der Waals surface area contributed by atoms with Gasteiger partial charge in [0.15, 0.2) is 0 Å². The smallest absolute Gasteiger partial charge is 0.408 e. The second-order valence-corrected chi connectivity index (χ2v) is 12.1. The number of alkyl carbamates (subject to hydrolysis) is 1. The number of ether oxygens (including phenoxy) is 1. The van der Waals surface area contributed by atoms with Crippen molar-refractivity contribution in [1.29, 1.82) is 0 Å². The van der Waals surface area contributed by atoms with E-state index in [1.807, 2.05) is 12.2 Å². The van der Waals surface area contributed by atoms with Crippen molar-refractivity contribution in [1.82, 2.24) is 20.9 Å². The van der Waals surface area contributed by atoms with Gasteiger partial charge in [-0.15, -0.1) is 0 Å². The summed E-state index contributed by atoms with van der Waals surface area (Å²) in [5.74, 6) is -2.88. The highest BCUT2D eigenvalue weighted by Gasteiger charge is 2.61. The van der Waals surface area contributed by atoms with Crippen LogP contribution < -0.4 is 16.0 Å². The van der Waals surface area contributed by atoms with Crippen LogP contribution in [-0.4, -0.2) is 75.6 Å². The minimum absolute atomic E-state index is 0.0331. The van der Waals surface area contributed by atoms with Gasteiger partial charge < -0.3 is 30.7 Å². The van der Waals surface area contributed by atoms with E-state index >= 15 is 0 Å². The van der Waals surface area contributed by atoms with Crippen LogP contribution in [0.1, 0.15) is 76.1 Å². The Morgan fingerprint density at radius 1 is 1.07 bits per heavy atom. The molecule has 11 heteroatoms. The molecule has 222 valence electrons. The Morgan fingerprint density at radius 3 is 2.49 bits per heavy atom. The number of amides is 4. The Balaban J connectivity index is 1.60. The van der Waals surface area contributed by atoms with E-state index in [4.69, 9.17) is 4.74 Å². The van der Waals surface area contributed by atoms with Gasteiger partial charge in [-0.1, -0.05) is 43.2 Å². The zero-order valence-corrected chi connectivity index (χ0v) is 23.9. The van der Waals surface area contributed by atoms with Crippen LogP contribution in [0.25, 0.3) is 0 Å². The van der Waals surface area contributed by atoms with Crippen LogP contribution in [-0.2, 0) is 19.1 Å². The second kappa shape index (κ2) is 12.3. The van der Waals surface area contributed by atoms with E-state index in [0.29, 0.717) is 18.4 Å². The number of hydrogen-bond acceptors (Lipinski definition) is 6. The highest BCUT2D eigenvalue weighted by Crippen LogP contribution is 2.45. The molecule has 3 aliphatic rings. The molecule has 0 bridgehead atoms. The summed E-state index contributed by atoms with van der Waals surface area (Å²) in [6, 6.07) is 6.07. The molecule has 0 unspecified atom stereocenters. The van der Waals surface area contributed by atoms with Crippen LogP contribution in [0.5, 0.6) is 0 Å². The molecule has 0 spiro atoms. The lowest BCUT2D eigenvalue weighted by Gasteiger charge is -2.30. The van der Waals surface area contributed by atoms with E-state index in [-0.39, 0.29) is 31.2 Å². The maximum atomic E-state index is 14.0. The summed E-state index contributed by atoms with van der Waals surface area (Å²) in [5.41, 5.74) is -1.76. The van der Waals surface area contributed by atoms with Crippen molar-refractivity contribution in [2.75, 3.05) is 6.54 Å². The topological polar surface area (TPSA) is 154 Å². The number of fused-ring (bicyclic) bond motifs is 2. The summed E-state index contributed by atoms with van der Waals surface area (Å²) in [6.45, 7) is 5.21. The lowest BCUT2D eigenvalue weighted by Crippen LogP contribution is -2.56. The van der Waals surface area contributed by atoms with Crippen molar-refractivity contribution < 1.29 is 33.8 Å². The zero-order valence-electron chi connectivity index (χ0n) is 23.9. The number of allylic oxidation sites excluding steroid dienone is 1. The number of carboxylic acids is 1. The molecule has 2 heterocycles. The van der Waals surface area contributed by atoms with Gasteiger partial charge in [0.05, 0.1) is 0 Å². The molecule has 41 heavy (non-hydrogen) atoms. The standard InChI is InChI=1S/C30H40N4O7/c1-29(2,3)41-28(40)32-22-15-11-6-4-5-10-14-20-17-30(20,27(38)39)33-25(36)23-16-21(18-34(23)26(22)37)31-24(35)19-12-8-7-9-13-19/h7-10,12-14,20-23H,4-6,11,15-18H2,1-3H3,(H,31,35)(H,32,40)(H,33,36)(H,38,39)/b14-10-/t20-,21+,22-,23-,30+/m0/s1. The monoisotopic (exact) mass is 568 g/mol. The maximum absolute atomic E-state index is 14.0. The van der Waals surface area contributed by atoms with Gasteiger partial charge in [0.25, 0.3) is 5.91 Å². The first-order valence-electron chi connectivity index (χ1n) is 14.3. The first-order chi connectivity index (χ1) is 19.4. The molecular formula is C30H40N4O7. The molecule has 2 aliphatic heterocycles. The zero-order chi connectivity index (χ0) is 29.8. The minimum Gasteiger partial charge on any atom is -0.479 e. The molecule has 2 fully saturated rings.